The highest BCUT2D eigenvalue weighted by Crippen LogP contribution is 2.40. The first-order valence-corrected chi connectivity index (χ1v) is 9.75. The van der Waals surface area contributed by atoms with Crippen LogP contribution in [0.3, 0.4) is 0 Å². The van der Waals surface area contributed by atoms with Gasteiger partial charge in [0.05, 0.1) is 10.7 Å². The lowest BCUT2D eigenvalue weighted by atomic mass is 9.98. The lowest BCUT2D eigenvalue weighted by Crippen LogP contribution is -2.45. The lowest BCUT2D eigenvalue weighted by Gasteiger charge is -2.29. The molecule has 0 fully saturated rings. The van der Waals surface area contributed by atoms with Crippen molar-refractivity contribution in [2.24, 2.45) is 12.0 Å². The molecule has 1 unspecified atom stereocenters. The normalized spacial score (nSPS) is 14.2. The number of nitrogens with one attached hydrogen (secondary N) is 2. The molecule has 12 heteroatoms. The van der Waals surface area contributed by atoms with Crippen LogP contribution in [0.25, 0.3) is 0 Å². The largest absolute Gasteiger partial charge is 0.424 e. The van der Waals surface area contributed by atoms with Gasteiger partial charge in [0.25, 0.3) is 0 Å². The fraction of sp³-hybridized carbons (Fsp3) is 0.588. The number of hydrogen-bond acceptors (Lipinski definition) is 5. The van der Waals surface area contributed by atoms with Gasteiger partial charge in [-0.1, -0.05) is 0 Å². The predicted octanol–water partition coefficient (Wildman–Crippen LogP) is 2.74. The molecule has 3 N–H and O–H groups in total. The molecule has 0 aromatic carbocycles. The minimum atomic E-state index is -4.87. The second-order valence-corrected chi connectivity index (χ2v) is 7.33. The van der Waals surface area contributed by atoms with E-state index >= 15 is 0 Å². The van der Waals surface area contributed by atoms with E-state index in [9.17, 15) is 18.3 Å². The summed E-state index contributed by atoms with van der Waals surface area (Å²) in [5.74, 6) is -0.0640. The summed E-state index contributed by atoms with van der Waals surface area (Å²) in [6, 6.07) is 0. The second kappa shape index (κ2) is 11.1. The fourth-order valence-electron chi connectivity index (χ4n) is 2.65. The lowest BCUT2D eigenvalue weighted by molar-refractivity contribution is -0.272. The van der Waals surface area contributed by atoms with Crippen LogP contribution in [0.4, 0.5) is 13.2 Å². The van der Waals surface area contributed by atoms with Crippen molar-refractivity contribution in [2.75, 3.05) is 19.6 Å². The molecule has 0 aliphatic rings. The topological polar surface area (TPSA) is 87.4 Å². The zero-order chi connectivity index (χ0) is 20.8. The van der Waals surface area contributed by atoms with E-state index in [-0.39, 0.29) is 30.5 Å². The van der Waals surface area contributed by atoms with E-state index in [1.165, 1.54) is 19.4 Å². The number of alkyl halides is 3. The van der Waals surface area contributed by atoms with Crippen LogP contribution in [0.15, 0.2) is 22.8 Å². The number of aryl methyl sites for hydroxylation is 2. The molecule has 0 aliphatic carbocycles. The number of halogens is 4. The molecule has 0 bridgehead atoms. The molecule has 0 amide bonds. The highest BCUT2D eigenvalue weighted by Gasteiger charge is 2.57. The van der Waals surface area contributed by atoms with Crippen molar-refractivity contribution in [2.45, 2.75) is 38.5 Å². The third-order valence-corrected chi connectivity index (χ3v) is 4.91. The third kappa shape index (κ3) is 6.81. The molecular formula is C17H26F3IN6OS. The molecule has 2 aromatic heterocycles. The number of aromatic nitrogens is 3. The second-order valence-electron chi connectivity index (χ2n) is 6.27. The van der Waals surface area contributed by atoms with Crippen LogP contribution in [0, 0.1) is 6.92 Å². The first kappa shape index (κ1) is 25.6. The van der Waals surface area contributed by atoms with Gasteiger partial charge in [-0.15, -0.1) is 35.3 Å². The summed E-state index contributed by atoms with van der Waals surface area (Å²) in [6.45, 7) is 4.66. The van der Waals surface area contributed by atoms with Crippen molar-refractivity contribution in [3.8, 4) is 0 Å². The summed E-state index contributed by atoms with van der Waals surface area (Å²) in [5, 5.41) is 19.3. The predicted molar refractivity (Wildman–Crippen MR) is 118 cm³/mol. The van der Waals surface area contributed by atoms with E-state index in [2.05, 4.69) is 25.6 Å². The van der Waals surface area contributed by atoms with E-state index < -0.39 is 24.0 Å². The fourth-order valence-corrected chi connectivity index (χ4v) is 3.29. The van der Waals surface area contributed by atoms with E-state index in [1.54, 1.807) is 11.3 Å². The first-order valence-electron chi connectivity index (χ1n) is 8.87. The Morgan fingerprint density at radius 3 is 2.59 bits per heavy atom. The summed E-state index contributed by atoms with van der Waals surface area (Å²) < 4.78 is 41.7. The Morgan fingerprint density at radius 1 is 1.34 bits per heavy atom. The van der Waals surface area contributed by atoms with Crippen molar-refractivity contribution in [3.63, 3.8) is 0 Å². The van der Waals surface area contributed by atoms with Gasteiger partial charge in [0.15, 0.2) is 5.96 Å². The summed E-state index contributed by atoms with van der Waals surface area (Å²) in [5.41, 5.74) is -2.11. The number of nitrogens with zero attached hydrogens (tertiary/aromatic N) is 4. The number of guanidine groups is 1. The zero-order valence-electron chi connectivity index (χ0n) is 16.5. The van der Waals surface area contributed by atoms with Gasteiger partial charge in [-0.25, -0.2) is 9.97 Å². The summed E-state index contributed by atoms with van der Waals surface area (Å²) in [6.07, 6.45) is -2.24. The summed E-state index contributed by atoms with van der Waals surface area (Å²) in [7, 11) is 1.41. The Labute approximate surface area is 188 Å². The number of thiazole rings is 1. The van der Waals surface area contributed by atoms with Crippen molar-refractivity contribution >= 4 is 41.3 Å². The zero-order valence-corrected chi connectivity index (χ0v) is 19.6. The maximum atomic E-state index is 13.5. The smallest absolute Gasteiger partial charge is 0.374 e. The molecule has 0 radical (unpaired) electrons. The number of rotatable bonds is 8. The number of hydrogen-bond donors (Lipinski definition) is 3. The Hall–Kier alpha value is -1.41. The Bertz CT molecular complexity index is 794. The highest BCUT2D eigenvalue weighted by molar-refractivity contribution is 14.0. The molecule has 0 saturated carbocycles. The summed E-state index contributed by atoms with van der Waals surface area (Å²) in [4.78, 5) is 12.2. The standard InChI is InChI=1S/C17H25F3N6OS.HI/c1-4-21-15(23-7-5-13-11-28-12(2)25-13)24-8-6-16(27,17(18,19)20)14-22-9-10-26(14)3;/h9-11,27H,4-8H2,1-3H3,(H2,21,23,24);1H. The molecular weight excluding hydrogens is 520 g/mol. The number of aliphatic hydroxyl groups is 1. The van der Waals surface area contributed by atoms with E-state index in [0.717, 1.165) is 15.3 Å². The molecule has 7 nitrogen and oxygen atoms in total. The molecule has 2 aromatic rings. The van der Waals surface area contributed by atoms with Crippen LogP contribution in [-0.4, -0.2) is 51.4 Å². The van der Waals surface area contributed by atoms with Crippen LogP contribution < -0.4 is 10.6 Å². The van der Waals surface area contributed by atoms with Crippen LogP contribution in [0.5, 0.6) is 0 Å². The van der Waals surface area contributed by atoms with Crippen molar-refractivity contribution in [1.82, 2.24) is 25.2 Å². The minimum absolute atomic E-state index is 0. The van der Waals surface area contributed by atoms with Gasteiger partial charge in [0, 0.05) is 57.3 Å². The molecule has 29 heavy (non-hydrogen) atoms. The van der Waals surface area contributed by atoms with Gasteiger partial charge in [0.1, 0.15) is 5.82 Å². The van der Waals surface area contributed by atoms with Crippen LogP contribution in [0.1, 0.15) is 29.9 Å². The Balaban J connectivity index is 0.00000420. The van der Waals surface area contributed by atoms with Gasteiger partial charge < -0.3 is 20.3 Å². The SMILES string of the molecule is CCNC(=NCCC(O)(c1nccn1C)C(F)(F)F)NCCc1csc(C)n1.I. The highest BCUT2D eigenvalue weighted by atomic mass is 127. The molecule has 2 heterocycles. The quantitative estimate of drug-likeness (QED) is 0.270. The number of aliphatic imine (C=N–C) groups is 1. The van der Waals surface area contributed by atoms with Gasteiger partial charge in [-0.3, -0.25) is 4.99 Å². The molecule has 1 atom stereocenters. The van der Waals surface area contributed by atoms with Crippen LogP contribution in [-0.2, 0) is 19.1 Å². The molecule has 0 saturated heterocycles. The van der Waals surface area contributed by atoms with E-state index in [0.29, 0.717) is 25.5 Å². The molecule has 0 aliphatic heterocycles. The van der Waals surface area contributed by atoms with Gasteiger partial charge in [0.2, 0.25) is 5.60 Å². The van der Waals surface area contributed by atoms with Crippen LogP contribution >= 0.6 is 35.3 Å². The minimum Gasteiger partial charge on any atom is -0.374 e. The van der Waals surface area contributed by atoms with Crippen molar-refractivity contribution < 1.29 is 18.3 Å². The molecule has 0 spiro atoms. The van der Waals surface area contributed by atoms with E-state index in [1.807, 2.05) is 19.2 Å². The average Bonchev–Trinajstić information content (AvgIpc) is 3.22. The number of imidazole rings is 1. The maximum Gasteiger partial charge on any atom is 0.424 e. The van der Waals surface area contributed by atoms with Crippen molar-refractivity contribution in [3.05, 3.63) is 34.3 Å². The molecule has 164 valence electrons. The Morgan fingerprint density at radius 2 is 2.07 bits per heavy atom. The maximum absolute atomic E-state index is 13.5. The first-order chi connectivity index (χ1) is 13.2. The van der Waals surface area contributed by atoms with Gasteiger partial charge in [-0.2, -0.15) is 13.2 Å². The average molecular weight is 546 g/mol. The third-order valence-electron chi connectivity index (χ3n) is 4.09. The Kier molecular flexibility index (Phi) is 9.82. The van der Waals surface area contributed by atoms with Crippen molar-refractivity contribution in [1.29, 1.82) is 0 Å². The summed E-state index contributed by atoms with van der Waals surface area (Å²) >= 11 is 1.57. The molecule has 2 rings (SSSR count). The van der Waals surface area contributed by atoms with Crippen LogP contribution in [0.2, 0.25) is 0 Å². The van der Waals surface area contributed by atoms with E-state index in [4.69, 9.17) is 0 Å². The van der Waals surface area contributed by atoms with Gasteiger partial charge >= 0.3 is 6.18 Å². The van der Waals surface area contributed by atoms with Gasteiger partial charge in [-0.05, 0) is 13.8 Å². The monoisotopic (exact) mass is 546 g/mol.